The van der Waals surface area contributed by atoms with Crippen molar-refractivity contribution in [1.29, 1.82) is 0 Å². The van der Waals surface area contributed by atoms with E-state index in [1.807, 2.05) is 36.7 Å². The number of hydrogen-bond acceptors (Lipinski definition) is 2. The molecule has 2 aromatic heterocycles. The summed E-state index contributed by atoms with van der Waals surface area (Å²) in [6, 6.07) is 22.0. The molecule has 5 rings (SSSR count). The van der Waals surface area contributed by atoms with Gasteiger partial charge in [-0.05, 0) is 35.1 Å². The number of furan rings is 1. The summed E-state index contributed by atoms with van der Waals surface area (Å²) in [4.78, 5) is 4.69. The molecule has 0 saturated heterocycles. The first kappa shape index (κ1) is 21.5. The molecule has 159 valence electrons. The fourth-order valence-corrected chi connectivity index (χ4v) is 4.27. The number of nitrogens with zero attached hydrogens (tertiary/aromatic N) is 2. The minimum atomic E-state index is 0. The van der Waals surface area contributed by atoms with Crippen LogP contribution in [0, 0.1) is 6.07 Å². The van der Waals surface area contributed by atoms with Gasteiger partial charge < -0.3 is 8.98 Å². The van der Waals surface area contributed by atoms with E-state index in [4.69, 9.17) is 9.40 Å². The van der Waals surface area contributed by atoms with Crippen LogP contribution in [-0.4, -0.2) is 9.55 Å². The van der Waals surface area contributed by atoms with Crippen LogP contribution in [0.2, 0.25) is 0 Å². The van der Waals surface area contributed by atoms with Crippen molar-refractivity contribution in [2.45, 2.75) is 39.5 Å². The predicted octanol–water partition coefficient (Wildman–Crippen LogP) is 7.48. The quantitative estimate of drug-likeness (QED) is 0.205. The Balaban J connectivity index is 0.00000231. The number of imidazole rings is 1. The average Bonchev–Trinajstić information content (AvgIpc) is 3.38. The maximum absolute atomic E-state index is 6.42. The van der Waals surface area contributed by atoms with Crippen LogP contribution in [0.15, 0.2) is 71.4 Å². The van der Waals surface area contributed by atoms with E-state index in [2.05, 4.69) is 68.7 Å². The fraction of sp³-hybridized carbons (Fsp3) is 0.222. The smallest absolute Gasteiger partial charge is 0.140 e. The first-order chi connectivity index (χ1) is 14.6. The number of hydrogen-bond donors (Lipinski definition) is 0. The number of fused-ring (bicyclic) bond motifs is 3. The van der Waals surface area contributed by atoms with Gasteiger partial charge in [0, 0.05) is 37.9 Å². The molecule has 0 fully saturated rings. The van der Waals surface area contributed by atoms with Crippen molar-refractivity contribution in [2.24, 2.45) is 0 Å². The topological polar surface area (TPSA) is 31.0 Å². The Bertz CT molecular complexity index is 1350. The molecule has 1 radical (unpaired) electrons. The summed E-state index contributed by atoms with van der Waals surface area (Å²) in [6.45, 7) is 8.96. The average molecular weight is 586 g/mol. The van der Waals surface area contributed by atoms with E-state index in [1.54, 1.807) is 0 Å². The third-order valence-corrected chi connectivity index (χ3v) is 5.75. The largest absolute Gasteiger partial charge is 0.456 e. The summed E-state index contributed by atoms with van der Waals surface area (Å²) in [5.74, 6) is 1.61. The Morgan fingerprint density at radius 1 is 0.935 bits per heavy atom. The zero-order chi connectivity index (χ0) is 20.8. The molecule has 5 aromatic rings. The summed E-state index contributed by atoms with van der Waals surface area (Å²) < 4.78 is 8.63. The van der Waals surface area contributed by atoms with Crippen molar-refractivity contribution in [3.63, 3.8) is 0 Å². The van der Waals surface area contributed by atoms with Crippen molar-refractivity contribution < 1.29 is 24.5 Å². The van der Waals surface area contributed by atoms with Gasteiger partial charge in [0.2, 0.25) is 0 Å². The Labute approximate surface area is 196 Å². The van der Waals surface area contributed by atoms with E-state index >= 15 is 0 Å². The summed E-state index contributed by atoms with van der Waals surface area (Å²) in [7, 11) is 0. The zero-order valence-electron chi connectivity index (χ0n) is 18.1. The number of para-hydroxylation sites is 1. The van der Waals surface area contributed by atoms with Crippen LogP contribution in [-0.2, 0) is 20.1 Å². The fourth-order valence-electron chi connectivity index (χ4n) is 4.27. The van der Waals surface area contributed by atoms with E-state index < -0.39 is 0 Å². The minimum Gasteiger partial charge on any atom is -0.456 e. The second kappa shape index (κ2) is 8.45. The molecule has 2 heterocycles. The van der Waals surface area contributed by atoms with Gasteiger partial charge in [-0.3, -0.25) is 4.98 Å². The van der Waals surface area contributed by atoms with Crippen molar-refractivity contribution in [3.05, 3.63) is 84.2 Å². The molecular formula is C27H25IrN2O-. The van der Waals surface area contributed by atoms with Gasteiger partial charge in [-0.1, -0.05) is 45.9 Å². The van der Waals surface area contributed by atoms with E-state index in [9.17, 15) is 0 Å². The van der Waals surface area contributed by atoms with Gasteiger partial charge >= 0.3 is 0 Å². The van der Waals surface area contributed by atoms with Crippen molar-refractivity contribution in [3.8, 4) is 17.1 Å². The van der Waals surface area contributed by atoms with Gasteiger partial charge in [-0.2, -0.15) is 0 Å². The van der Waals surface area contributed by atoms with E-state index in [1.165, 1.54) is 11.1 Å². The molecule has 0 amide bonds. The number of aromatic nitrogens is 2. The van der Waals surface area contributed by atoms with E-state index in [0.717, 1.165) is 39.0 Å². The molecular weight excluding hydrogens is 561 g/mol. The molecule has 0 atom stereocenters. The Morgan fingerprint density at radius 3 is 2.39 bits per heavy atom. The van der Waals surface area contributed by atoms with Crippen LogP contribution < -0.4 is 0 Å². The van der Waals surface area contributed by atoms with Crippen molar-refractivity contribution in [2.75, 3.05) is 0 Å². The molecule has 4 heteroatoms. The molecule has 0 unspecified atom stereocenters. The molecule has 0 spiro atoms. The normalized spacial score (nSPS) is 11.5. The van der Waals surface area contributed by atoms with E-state index in [0.29, 0.717) is 11.8 Å². The maximum Gasteiger partial charge on any atom is 0.140 e. The molecule has 0 aliphatic rings. The SMILES string of the molecule is CC(C)c1cc(C(C)C)c2oc3ccccc3c2c1-n1ccnc1-c1[c-]cccc1.[Ir]. The first-order valence-corrected chi connectivity index (χ1v) is 10.5. The van der Waals surface area contributed by atoms with Crippen LogP contribution in [0.3, 0.4) is 0 Å². The summed E-state index contributed by atoms with van der Waals surface area (Å²) in [5, 5.41) is 2.30. The number of rotatable bonds is 4. The Morgan fingerprint density at radius 2 is 1.68 bits per heavy atom. The summed E-state index contributed by atoms with van der Waals surface area (Å²) in [6.07, 6.45) is 3.92. The molecule has 31 heavy (non-hydrogen) atoms. The van der Waals surface area contributed by atoms with Gasteiger partial charge in [-0.25, -0.2) is 0 Å². The van der Waals surface area contributed by atoms with Crippen LogP contribution in [0.5, 0.6) is 0 Å². The zero-order valence-corrected chi connectivity index (χ0v) is 20.5. The van der Waals surface area contributed by atoms with Crippen molar-refractivity contribution in [1.82, 2.24) is 9.55 Å². The molecule has 3 nitrogen and oxygen atoms in total. The Kier molecular flexibility index (Phi) is 5.87. The molecule has 0 saturated carbocycles. The van der Waals surface area contributed by atoms with Crippen LogP contribution in [0.25, 0.3) is 39.0 Å². The van der Waals surface area contributed by atoms with Crippen LogP contribution >= 0.6 is 0 Å². The van der Waals surface area contributed by atoms with Crippen LogP contribution in [0.1, 0.15) is 50.7 Å². The van der Waals surface area contributed by atoms with Crippen molar-refractivity contribution >= 4 is 21.9 Å². The molecule has 0 bridgehead atoms. The van der Waals surface area contributed by atoms with Gasteiger partial charge in [0.1, 0.15) is 11.2 Å². The molecule has 0 aliphatic heterocycles. The molecule has 0 aliphatic carbocycles. The molecule has 0 N–H and O–H groups in total. The third-order valence-electron chi connectivity index (χ3n) is 5.75. The van der Waals surface area contributed by atoms with Gasteiger partial charge in [0.15, 0.2) is 0 Å². The van der Waals surface area contributed by atoms with Gasteiger partial charge in [0.05, 0.1) is 16.9 Å². The van der Waals surface area contributed by atoms with Gasteiger partial charge in [-0.15, -0.1) is 35.9 Å². The van der Waals surface area contributed by atoms with E-state index in [-0.39, 0.29) is 20.1 Å². The summed E-state index contributed by atoms with van der Waals surface area (Å²) >= 11 is 0. The monoisotopic (exact) mass is 586 g/mol. The second-order valence-corrected chi connectivity index (χ2v) is 8.41. The van der Waals surface area contributed by atoms with Gasteiger partial charge in [0.25, 0.3) is 0 Å². The standard InChI is InChI=1S/C27H25N2O.Ir/c1-17(2)21-16-22(18(3)4)26-24(20-12-8-9-13-23(20)30-26)25(21)29-15-14-28-27(29)19-10-6-5-7-11-19;/h5-10,12-18H,1-4H3;/q-1;. The first-order valence-electron chi connectivity index (χ1n) is 10.5. The maximum atomic E-state index is 6.42. The second-order valence-electron chi connectivity index (χ2n) is 8.41. The number of benzene rings is 3. The Hall–Kier alpha value is -2.68. The minimum absolute atomic E-state index is 0. The third kappa shape index (κ3) is 3.54. The summed E-state index contributed by atoms with van der Waals surface area (Å²) in [5.41, 5.74) is 6.58. The molecule has 3 aromatic carbocycles. The van der Waals surface area contributed by atoms with Crippen LogP contribution in [0.4, 0.5) is 0 Å². The predicted molar refractivity (Wildman–Crippen MR) is 123 cm³/mol.